The smallest absolute Gasteiger partial charge is 0.254 e. The third kappa shape index (κ3) is 3.00. The van der Waals surface area contributed by atoms with E-state index in [9.17, 15) is 14.0 Å². The highest BCUT2D eigenvalue weighted by Crippen LogP contribution is 2.29. The zero-order valence-electron chi connectivity index (χ0n) is 14.6. The fourth-order valence-electron chi connectivity index (χ4n) is 3.14. The van der Waals surface area contributed by atoms with Gasteiger partial charge in [-0.15, -0.1) is 0 Å². The third-order valence-corrected chi connectivity index (χ3v) is 4.68. The number of rotatable bonds is 4. The summed E-state index contributed by atoms with van der Waals surface area (Å²) < 4.78 is 15.3. The molecule has 8 nitrogen and oxygen atoms in total. The first-order valence-corrected chi connectivity index (χ1v) is 8.89. The molecule has 1 aliphatic carbocycles. The lowest BCUT2D eigenvalue weighted by molar-refractivity contribution is -0.124. The van der Waals surface area contributed by atoms with Crippen LogP contribution in [-0.2, 0) is 9.59 Å². The number of fused-ring (bicyclic) bond motifs is 1. The zero-order chi connectivity index (χ0) is 19.3. The van der Waals surface area contributed by atoms with E-state index >= 15 is 0 Å². The quantitative estimate of drug-likeness (QED) is 0.409. The first kappa shape index (κ1) is 16.5. The predicted molar refractivity (Wildman–Crippen MR) is 98.6 cm³/mol. The van der Waals surface area contributed by atoms with Crippen LogP contribution in [0.15, 0.2) is 36.2 Å². The maximum absolute atomic E-state index is 13.6. The first-order chi connectivity index (χ1) is 13.6. The van der Waals surface area contributed by atoms with Gasteiger partial charge in [-0.25, -0.2) is 9.97 Å². The van der Waals surface area contributed by atoms with Crippen molar-refractivity contribution in [2.24, 2.45) is 0 Å². The van der Waals surface area contributed by atoms with Crippen LogP contribution in [0.3, 0.4) is 0 Å². The lowest BCUT2D eigenvalue weighted by Gasteiger charge is -2.10. The molecule has 4 heterocycles. The van der Waals surface area contributed by atoms with E-state index in [1.165, 1.54) is 12.3 Å². The van der Waals surface area contributed by atoms with Crippen LogP contribution >= 0.6 is 0 Å². The van der Waals surface area contributed by atoms with Crippen molar-refractivity contribution in [3.63, 3.8) is 0 Å². The second-order valence-electron chi connectivity index (χ2n) is 6.87. The van der Waals surface area contributed by atoms with E-state index in [1.807, 2.05) is 6.07 Å². The minimum Gasteiger partial charge on any atom is -0.367 e. The molecule has 1 saturated heterocycles. The molecule has 2 fully saturated rings. The fraction of sp³-hybridized carbons (Fsp3) is 0.211. The van der Waals surface area contributed by atoms with Crippen molar-refractivity contribution in [1.29, 1.82) is 0 Å². The molecule has 5 rings (SSSR count). The summed E-state index contributed by atoms with van der Waals surface area (Å²) in [6, 6.07) is 5.19. The SMILES string of the molecule is O=C1C/C(=C\c2cnn3c(NC4CC4)cc(-c4ccnc(F)c4)nc23)C(=O)N1. The van der Waals surface area contributed by atoms with Gasteiger partial charge < -0.3 is 5.32 Å². The number of nitrogens with zero attached hydrogens (tertiary/aromatic N) is 4. The molecule has 0 spiro atoms. The van der Waals surface area contributed by atoms with Gasteiger partial charge in [-0.2, -0.15) is 14.0 Å². The number of carbonyl (C=O) groups is 2. The van der Waals surface area contributed by atoms with Crippen LogP contribution in [0.4, 0.5) is 10.2 Å². The number of hydrogen-bond donors (Lipinski definition) is 2. The number of halogens is 1. The summed E-state index contributed by atoms with van der Waals surface area (Å²) in [7, 11) is 0. The molecule has 0 unspecified atom stereocenters. The van der Waals surface area contributed by atoms with Crippen LogP contribution in [0.25, 0.3) is 23.0 Å². The first-order valence-electron chi connectivity index (χ1n) is 8.89. The van der Waals surface area contributed by atoms with Gasteiger partial charge >= 0.3 is 0 Å². The van der Waals surface area contributed by atoms with Crippen molar-refractivity contribution < 1.29 is 14.0 Å². The third-order valence-electron chi connectivity index (χ3n) is 4.68. The Bertz CT molecular complexity index is 1160. The van der Waals surface area contributed by atoms with Crippen molar-refractivity contribution in [1.82, 2.24) is 24.9 Å². The minimum absolute atomic E-state index is 0.0264. The molecule has 1 saturated carbocycles. The van der Waals surface area contributed by atoms with Crippen LogP contribution in [-0.4, -0.2) is 37.4 Å². The van der Waals surface area contributed by atoms with Crippen molar-refractivity contribution in [2.75, 3.05) is 5.32 Å². The zero-order valence-corrected chi connectivity index (χ0v) is 14.6. The highest BCUT2D eigenvalue weighted by molar-refractivity contribution is 6.15. The van der Waals surface area contributed by atoms with E-state index < -0.39 is 11.9 Å². The van der Waals surface area contributed by atoms with Crippen LogP contribution < -0.4 is 10.6 Å². The molecular formula is C19H15FN6O2. The van der Waals surface area contributed by atoms with Crippen LogP contribution in [0.5, 0.6) is 0 Å². The highest BCUT2D eigenvalue weighted by atomic mass is 19.1. The number of anilines is 1. The van der Waals surface area contributed by atoms with E-state index in [0.717, 1.165) is 18.7 Å². The number of nitrogens with one attached hydrogen (secondary N) is 2. The lowest BCUT2D eigenvalue weighted by Crippen LogP contribution is -2.19. The van der Waals surface area contributed by atoms with Gasteiger partial charge in [0.15, 0.2) is 5.65 Å². The van der Waals surface area contributed by atoms with Crippen LogP contribution in [0.2, 0.25) is 0 Å². The molecule has 0 radical (unpaired) electrons. The molecule has 0 atom stereocenters. The minimum atomic E-state index is -0.590. The average Bonchev–Trinajstić information content (AvgIpc) is 3.30. The van der Waals surface area contributed by atoms with Crippen molar-refractivity contribution in [2.45, 2.75) is 25.3 Å². The van der Waals surface area contributed by atoms with Crippen LogP contribution in [0, 0.1) is 5.95 Å². The maximum atomic E-state index is 13.6. The number of hydrogen-bond acceptors (Lipinski definition) is 6. The van der Waals surface area contributed by atoms with E-state index in [-0.39, 0.29) is 12.3 Å². The number of carbonyl (C=O) groups excluding carboxylic acids is 2. The molecule has 0 bridgehead atoms. The van der Waals surface area contributed by atoms with Crippen molar-refractivity contribution in [3.05, 3.63) is 47.7 Å². The van der Waals surface area contributed by atoms with E-state index in [1.54, 1.807) is 22.9 Å². The lowest BCUT2D eigenvalue weighted by atomic mass is 10.1. The van der Waals surface area contributed by atoms with Gasteiger partial charge in [0.2, 0.25) is 11.9 Å². The number of amides is 2. The van der Waals surface area contributed by atoms with Gasteiger partial charge in [0.1, 0.15) is 5.82 Å². The molecule has 140 valence electrons. The fourth-order valence-corrected chi connectivity index (χ4v) is 3.14. The molecule has 28 heavy (non-hydrogen) atoms. The Kier molecular flexibility index (Phi) is 3.68. The highest BCUT2D eigenvalue weighted by Gasteiger charge is 2.25. The Morgan fingerprint density at radius 3 is 2.86 bits per heavy atom. The Morgan fingerprint density at radius 2 is 2.14 bits per heavy atom. The van der Waals surface area contributed by atoms with E-state index in [4.69, 9.17) is 0 Å². The van der Waals surface area contributed by atoms with Crippen molar-refractivity contribution >= 4 is 29.4 Å². The second-order valence-corrected chi connectivity index (χ2v) is 6.87. The summed E-state index contributed by atoms with van der Waals surface area (Å²) in [5.74, 6) is -0.595. The van der Waals surface area contributed by atoms with Crippen LogP contribution in [0.1, 0.15) is 24.8 Å². The summed E-state index contributed by atoms with van der Waals surface area (Å²) in [5, 5.41) is 10.0. The summed E-state index contributed by atoms with van der Waals surface area (Å²) in [4.78, 5) is 31.5. The predicted octanol–water partition coefficient (Wildman–Crippen LogP) is 1.93. The van der Waals surface area contributed by atoms with Gasteiger partial charge in [0, 0.05) is 41.1 Å². The molecule has 9 heteroatoms. The van der Waals surface area contributed by atoms with Crippen molar-refractivity contribution in [3.8, 4) is 11.3 Å². The Labute approximate surface area is 158 Å². The Balaban J connectivity index is 1.66. The van der Waals surface area contributed by atoms with Gasteiger partial charge in [-0.3, -0.25) is 14.9 Å². The largest absolute Gasteiger partial charge is 0.367 e. The van der Waals surface area contributed by atoms with Gasteiger partial charge in [-0.1, -0.05) is 0 Å². The normalized spacial score (nSPS) is 18.1. The van der Waals surface area contributed by atoms with Gasteiger partial charge in [0.05, 0.1) is 18.3 Å². The van der Waals surface area contributed by atoms with Gasteiger partial charge in [0.25, 0.3) is 5.91 Å². The second kappa shape index (κ2) is 6.22. The van der Waals surface area contributed by atoms with Gasteiger partial charge in [-0.05, 0) is 25.0 Å². The standard InChI is InChI=1S/C19H15FN6O2/c20-15-6-10(3-4-21-15)14-8-16(23-13-1-2-13)26-18(24-14)12(9-22-26)5-11-7-17(27)25-19(11)28/h3-6,8-9,13,23H,1-2,7H2,(H,25,27,28)/b11-5+. The molecule has 0 aromatic carbocycles. The summed E-state index contributed by atoms with van der Waals surface area (Å²) in [6.45, 7) is 0. The number of pyridine rings is 1. The molecule has 2 aliphatic rings. The molecule has 2 N–H and O–H groups in total. The topological polar surface area (TPSA) is 101 Å². The Hall–Kier alpha value is -3.62. The number of imide groups is 1. The maximum Gasteiger partial charge on any atom is 0.254 e. The molecule has 2 amide bonds. The molecular weight excluding hydrogens is 363 g/mol. The monoisotopic (exact) mass is 378 g/mol. The Morgan fingerprint density at radius 1 is 1.29 bits per heavy atom. The molecule has 3 aromatic rings. The number of aromatic nitrogens is 4. The summed E-state index contributed by atoms with van der Waals surface area (Å²) >= 11 is 0. The molecule has 1 aliphatic heterocycles. The molecule has 3 aromatic heterocycles. The van der Waals surface area contributed by atoms with E-state index in [2.05, 4.69) is 25.7 Å². The summed E-state index contributed by atoms with van der Waals surface area (Å²) in [6.07, 6.45) is 6.78. The summed E-state index contributed by atoms with van der Waals surface area (Å²) in [5.41, 5.74) is 2.62. The average molecular weight is 378 g/mol. The van der Waals surface area contributed by atoms with E-state index in [0.29, 0.717) is 34.1 Å².